The lowest BCUT2D eigenvalue weighted by molar-refractivity contribution is -0.122. The number of rotatable bonds is 27. The van der Waals surface area contributed by atoms with Crippen LogP contribution >= 0.6 is 0 Å². The summed E-state index contributed by atoms with van der Waals surface area (Å²) in [4.78, 5) is 12.4. The van der Waals surface area contributed by atoms with Crippen molar-refractivity contribution in [3.05, 3.63) is 36.5 Å². The van der Waals surface area contributed by atoms with Crippen molar-refractivity contribution >= 4 is 16.0 Å². The fourth-order valence-corrected chi connectivity index (χ4v) is 5.13. The van der Waals surface area contributed by atoms with Crippen LogP contribution in [0.25, 0.3) is 0 Å². The number of nitrogens with one attached hydrogen (secondary N) is 1. The summed E-state index contributed by atoms with van der Waals surface area (Å²) in [6.45, 7) is 4.43. The summed E-state index contributed by atoms with van der Waals surface area (Å²) in [5.74, 6) is -1.02. The molecule has 0 aromatic rings. The van der Waals surface area contributed by atoms with E-state index in [-0.39, 0.29) is 12.3 Å². The van der Waals surface area contributed by atoms with Crippen LogP contribution in [-0.2, 0) is 14.9 Å². The van der Waals surface area contributed by atoms with E-state index in [0.29, 0.717) is 6.42 Å². The average molecular weight is 570 g/mol. The van der Waals surface area contributed by atoms with Crippen LogP contribution in [0.4, 0.5) is 0 Å². The van der Waals surface area contributed by atoms with Crippen molar-refractivity contribution in [1.82, 2.24) is 5.32 Å². The van der Waals surface area contributed by atoms with Gasteiger partial charge in [-0.05, 0) is 57.8 Å². The Hall–Kier alpha value is -1.44. The zero-order valence-electron chi connectivity index (χ0n) is 25.0. The number of allylic oxidation sites excluding steroid dienone is 5. The number of unbranched alkanes of at least 4 members (excludes halogenated alkanes) is 15. The summed E-state index contributed by atoms with van der Waals surface area (Å²) in [6, 6.07) is -1.07. The van der Waals surface area contributed by atoms with Gasteiger partial charge < -0.3 is 10.4 Å². The van der Waals surface area contributed by atoms with Gasteiger partial charge in [-0.1, -0.05) is 115 Å². The molecule has 7 heteroatoms. The summed E-state index contributed by atoms with van der Waals surface area (Å²) >= 11 is 0. The summed E-state index contributed by atoms with van der Waals surface area (Å²) in [7, 11) is -4.34. The zero-order chi connectivity index (χ0) is 29.0. The second kappa shape index (κ2) is 26.8. The van der Waals surface area contributed by atoms with Crippen molar-refractivity contribution in [2.45, 2.75) is 154 Å². The number of aliphatic hydroxyl groups is 1. The van der Waals surface area contributed by atoms with Crippen molar-refractivity contribution in [2.75, 3.05) is 5.75 Å². The molecule has 0 spiro atoms. The Morgan fingerprint density at radius 2 is 1.10 bits per heavy atom. The topological polar surface area (TPSA) is 104 Å². The van der Waals surface area contributed by atoms with E-state index in [4.69, 9.17) is 0 Å². The molecule has 0 fully saturated rings. The van der Waals surface area contributed by atoms with Gasteiger partial charge in [0.05, 0.1) is 17.9 Å². The minimum absolute atomic E-state index is 0.277. The third-order valence-electron chi connectivity index (χ3n) is 6.79. The van der Waals surface area contributed by atoms with Crippen molar-refractivity contribution in [3.63, 3.8) is 0 Å². The average Bonchev–Trinajstić information content (AvgIpc) is 2.88. The van der Waals surface area contributed by atoms with Crippen LogP contribution in [0.1, 0.15) is 142 Å². The van der Waals surface area contributed by atoms with Crippen LogP contribution in [0.3, 0.4) is 0 Å². The Labute approximate surface area is 240 Å². The molecule has 2 atom stereocenters. The Morgan fingerprint density at radius 1 is 0.667 bits per heavy atom. The quantitative estimate of drug-likeness (QED) is 0.0525. The van der Waals surface area contributed by atoms with Gasteiger partial charge in [-0.15, -0.1) is 0 Å². The van der Waals surface area contributed by atoms with Gasteiger partial charge in [-0.2, -0.15) is 8.42 Å². The summed E-state index contributed by atoms with van der Waals surface area (Å²) in [6.07, 6.45) is 32.7. The fourth-order valence-electron chi connectivity index (χ4n) is 4.40. The van der Waals surface area contributed by atoms with Crippen LogP contribution in [0.5, 0.6) is 0 Å². The van der Waals surface area contributed by atoms with Crippen LogP contribution in [0.2, 0.25) is 0 Å². The highest BCUT2D eigenvalue weighted by molar-refractivity contribution is 7.85. The monoisotopic (exact) mass is 569 g/mol. The van der Waals surface area contributed by atoms with Crippen LogP contribution in [-0.4, -0.2) is 41.9 Å². The Bertz CT molecular complexity index is 761. The van der Waals surface area contributed by atoms with Gasteiger partial charge in [-0.3, -0.25) is 9.35 Å². The lowest BCUT2D eigenvalue weighted by atomic mass is 10.1. The first-order valence-electron chi connectivity index (χ1n) is 15.7. The van der Waals surface area contributed by atoms with Crippen molar-refractivity contribution in [2.24, 2.45) is 0 Å². The zero-order valence-corrected chi connectivity index (χ0v) is 25.8. The summed E-state index contributed by atoms with van der Waals surface area (Å²) < 4.78 is 32.1. The lowest BCUT2D eigenvalue weighted by Crippen LogP contribution is -2.46. The Morgan fingerprint density at radius 3 is 1.64 bits per heavy atom. The first-order chi connectivity index (χ1) is 18.8. The van der Waals surface area contributed by atoms with Crippen molar-refractivity contribution < 1.29 is 22.9 Å². The Balaban J connectivity index is 4.13. The SMILES string of the molecule is CCCCCC/C=C/CC/C=C/C(O)C(CS(=O)(=O)O)NC(=O)CCCCCCC/C=C\CCCCCCC. The third-order valence-corrected chi connectivity index (χ3v) is 7.57. The third kappa shape index (κ3) is 27.9. The maximum Gasteiger partial charge on any atom is 0.267 e. The molecule has 0 saturated carbocycles. The smallest absolute Gasteiger partial charge is 0.267 e. The lowest BCUT2D eigenvalue weighted by Gasteiger charge is -2.21. The number of aliphatic hydroxyl groups excluding tert-OH is 1. The Kier molecular flexibility index (Phi) is 25.8. The number of hydrogen-bond acceptors (Lipinski definition) is 4. The van der Waals surface area contributed by atoms with Crippen LogP contribution in [0, 0.1) is 0 Å². The molecule has 0 aliphatic carbocycles. The number of carbonyl (C=O) groups is 1. The van der Waals surface area contributed by atoms with Gasteiger partial charge in [0, 0.05) is 6.42 Å². The minimum Gasteiger partial charge on any atom is -0.387 e. The molecule has 0 radical (unpaired) electrons. The van der Waals surface area contributed by atoms with E-state index < -0.39 is 28.0 Å². The molecule has 6 nitrogen and oxygen atoms in total. The van der Waals surface area contributed by atoms with Gasteiger partial charge in [0.25, 0.3) is 10.1 Å². The van der Waals surface area contributed by atoms with Crippen LogP contribution < -0.4 is 5.32 Å². The van der Waals surface area contributed by atoms with E-state index in [2.05, 4.69) is 43.5 Å². The second-order valence-corrected chi connectivity index (χ2v) is 12.2. The van der Waals surface area contributed by atoms with Crippen molar-refractivity contribution in [3.8, 4) is 0 Å². The summed E-state index contributed by atoms with van der Waals surface area (Å²) in [5, 5.41) is 13.0. The van der Waals surface area contributed by atoms with Gasteiger partial charge >= 0.3 is 0 Å². The molecular weight excluding hydrogens is 510 g/mol. The first-order valence-corrected chi connectivity index (χ1v) is 17.3. The first kappa shape index (κ1) is 37.6. The highest BCUT2D eigenvalue weighted by Crippen LogP contribution is 2.10. The van der Waals surface area contributed by atoms with E-state index in [0.717, 1.165) is 51.4 Å². The maximum absolute atomic E-state index is 12.4. The molecule has 2 unspecified atom stereocenters. The number of hydrogen-bond donors (Lipinski definition) is 3. The van der Waals surface area contributed by atoms with E-state index in [1.165, 1.54) is 70.3 Å². The highest BCUT2D eigenvalue weighted by atomic mass is 32.2. The molecule has 39 heavy (non-hydrogen) atoms. The molecule has 0 aliphatic rings. The molecule has 0 aromatic carbocycles. The minimum atomic E-state index is -4.34. The predicted molar refractivity (Wildman–Crippen MR) is 165 cm³/mol. The molecule has 0 aliphatic heterocycles. The normalized spacial score (nSPS) is 14.1. The van der Waals surface area contributed by atoms with Gasteiger partial charge in [0.1, 0.15) is 0 Å². The van der Waals surface area contributed by atoms with Gasteiger partial charge in [0.2, 0.25) is 5.91 Å². The molecule has 0 rings (SSSR count). The van der Waals surface area contributed by atoms with E-state index in [9.17, 15) is 22.9 Å². The van der Waals surface area contributed by atoms with Crippen LogP contribution in [0.15, 0.2) is 36.5 Å². The van der Waals surface area contributed by atoms with E-state index >= 15 is 0 Å². The molecule has 0 aromatic heterocycles. The standard InChI is InChI=1S/C32H59NO5S/c1-3-5-7-9-11-13-15-16-17-18-20-22-24-26-28-32(35)33-30(29-39(36,37)38)31(34)27-25-23-21-19-14-12-10-8-6-4-2/h14-16,19,25,27,30-31,34H,3-13,17-18,20-24,26,28-29H2,1-2H3,(H,33,35)(H,36,37,38)/b16-15-,19-14+,27-25+. The molecule has 228 valence electrons. The van der Waals surface area contributed by atoms with E-state index in [1.54, 1.807) is 6.08 Å². The highest BCUT2D eigenvalue weighted by Gasteiger charge is 2.24. The molecule has 0 heterocycles. The largest absolute Gasteiger partial charge is 0.387 e. The maximum atomic E-state index is 12.4. The predicted octanol–water partition coefficient (Wildman–Crippen LogP) is 8.23. The van der Waals surface area contributed by atoms with E-state index in [1.807, 2.05) is 0 Å². The van der Waals surface area contributed by atoms with Gasteiger partial charge in [-0.25, -0.2) is 0 Å². The summed E-state index contributed by atoms with van der Waals surface area (Å²) in [5.41, 5.74) is 0. The second-order valence-electron chi connectivity index (χ2n) is 10.7. The molecular formula is C32H59NO5S. The number of amides is 1. The molecule has 0 bridgehead atoms. The molecule has 3 N–H and O–H groups in total. The molecule has 0 saturated heterocycles. The van der Waals surface area contributed by atoms with Gasteiger partial charge in [0.15, 0.2) is 0 Å². The fraction of sp³-hybridized carbons (Fsp3) is 0.781. The molecule has 1 amide bonds. The van der Waals surface area contributed by atoms with Crippen molar-refractivity contribution in [1.29, 1.82) is 0 Å². The number of carbonyl (C=O) groups excluding carboxylic acids is 1.